The largest absolute Gasteiger partial charge is 0.485 e. The summed E-state index contributed by atoms with van der Waals surface area (Å²) in [4.78, 5) is 43.5. The van der Waals surface area contributed by atoms with E-state index in [-0.39, 0.29) is 18.1 Å². The number of nitrogens with zero attached hydrogens (tertiary/aromatic N) is 6. The minimum absolute atomic E-state index is 0.152. The Morgan fingerprint density at radius 3 is 2.62 bits per heavy atom. The Labute approximate surface area is 253 Å². The van der Waals surface area contributed by atoms with Crippen molar-refractivity contribution in [2.45, 2.75) is 38.2 Å². The van der Waals surface area contributed by atoms with Crippen LogP contribution in [0.1, 0.15) is 27.8 Å². The molecule has 226 valence electrons. The summed E-state index contributed by atoms with van der Waals surface area (Å²) in [6.45, 7) is 8.83. The molecule has 0 aliphatic carbocycles. The molecule has 3 heterocycles. The average molecular weight is 611 g/mol. The van der Waals surface area contributed by atoms with Crippen LogP contribution in [0.2, 0.25) is 25.7 Å². The molecular formula is C30H42N6O4SSi. The van der Waals surface area contributed by atoms with Gasteiger partial charge in [-0.1, -0.05) is 31.8 Å². The molecule has 0 bridgehead atoms. The summed E-state index contributed by atoms with van der Waals surface area (Å²) in [6, 6.07) is 12.6. The number of hydrogen-bond acceptors (Lipinski definition) is 9. The van der Waals surface area contributed by atoms with E-state index in [1.807, 2.05) is 72.7 Å². The van der Waals surface area contributed by atoms with Crippen LogP contribution in [0.3, 0.4) is 0 Å². The van der Waals surface area contributed by atoms with Crippen molar-refractivity contribution in [1.29, 1.82) is 0 Å². The van der Waals surface area contributed by atoms with Gasteiger partial charge in [0.1, 0.15) is 23.2 Å². The summed E-state index contributed by atoms with van der Waals surface area (Å²) in [5.41, 5.74) is 1.20. The standard InChI is InChI=1S/C30H42N6O4SSi/c1-33(2)29-31-21-24-27(32-29)34(3)15-16-36(28(24)37)22-10-8-11-23(20-22)40-25(26-12-9-18-41-26)13-14-35(4)30(38)39-17-19-42(5,6)7/h8-12,18,20-21,25H,13-17,19H2,1-7H3. The Bertz CT molecular complexity index is 1360. The molecule has 0 fully saturated rings. The molecule has 42 heavy (non-hydrogen) atoms. The Balaban J connectivity index is 1.47. The first kappa shape index (κ1) is 31.3. The highest BCUT2D eigenvalue weighted by molar-refractivity contribution is 7.10. The zero-order chi connectivity index (χ0) is 30.4. The van der Waals surface area contributed by atoms with Crippen LogP contribution in [-0.2, 0) is 4.74 Å². The fraction of sp³-hybridized carbons (Fsp3) is 0.467. The number of anilines is 3. The lowest BCUT2D eigenvalue weighted by atomic mass is 10.2. The maximum absolute atomic E-state index is 13.7. The number of hydrogen-bond donors (Lipinski definition) is 0. The number of carbonyl (C=O) groups is 2. The van der Waals surface area contributed by atoms with Crippen LogP contribution >= 0.6 is 11.3 Å². The lowest BCUT2D eigenvalue weighted by Gasteiger charge is -2.24. The Hall–Kier alpha value is -3.64. The zero-order valence-corrected chi connectivity index (χ0v) is 27.5. The molecule has 0 saturated heterocycles. The lowest BCUT2D eigenvalue weighted by Crippen LogP contribution is -2.33. The maximum Gasteiger partial charge on any atom is 0.409 e. The van der Waals surface area contributed by atoms with Gasteiger partial charge in [0, 0.05) is 85.1 Å². The summed E-state index contributed by atoms with van der Waals surface area (Å²) >= 11 is 1.62. The molecule has 1 atom stereocenters. The van der Waals surface area contributed by atoms with Gasteiger partial charge in [0.15, 0.2) is 0 Å². The van der Waals surface area contributed by atoms with E-state index in [0.717, 1.165) is 16.6 Å². The molecule has 0 spiro atoms. The van der Waals surface area contributed by atoms with E-state index in [1.165, 1.54) is 0 Å². The van der Waals surface area contributed by atoms with Crippen LogP contribution in [0.15, 0.2) is 48.0 Å². The summed E-state index contributed by atoms with van der Waals surface area (Å²) in [5, 5.41) is 2.02. The molecule has 0 saturated carbocycles. The van der Waals surface area contributed by atoms with E-state index in [2.05, 4.69) is 29.6 Å². The van der Waals surface area contributed by atoms with Crippen LogP contribution in [-0.4, -0.2) is 89.4 Å². The minimum atomic E-state index is -1.28. The summed E-state index contributed by atoms with van der Waals surface area (Å²) in [5.74, 6) is 1.67. The van der Waals surface area contributed by atoms with Crippen molar-refractivity contribution in [3.05, 3.63) is 58.4 Å². The normalized spacial score (nSPS) is 14.2. The topological polar surface area (TPSA) is 91.3 Å². The number of carbonyl (C=O) groups excluding carboxylic acids is 2. The third-order valence-electron chi connectivity index (χ3n) is 7.04. The van der Waals surface area contributed by atoms with Crippen LogP contribution in [0.5, 0.6) is 5.75 Å². The van der Waals surface area contributed by atoms with Gasteiger partial charge in [-0.25, -0.2) is 9.78 Å². The molecule has 1 aromatic carbocycles. The zero-order valence-electron chi connectivity index (χ0n) is 25.7. The molecule has 0 N–H and O–H groups in total. The highest BCUT2D eigenvalue weighted by Crippen LogP contribution is 2.32. The molecule has 2 aromatic heterocycles. The highest BCUT2D eigenvalue weighted by Gasteiger charge is 2.29. The first-order chi connectivity index (χ1) is 19.9. The van der Waals surface area contributed by atoms with Gasteiger partial charge in [0.25, 0.3) is 5.91 Å². The van der Waals surface area contributed by atoms with Crippen molar-refractivity contribution in [3.8, 4) is 5.75 Å². The van der Waals surface area contributed by atoms with Crippen molar-refractivity contribution in [1.82, 2.24) is 14.9 Å². The summed E-state index contributed by atoms with van der Waals surface area (Å²) in [6.07, 6.45) is 1.62. The summed E-state index contributed by atoms with van der Waals surface area (Å²) < 4.78 is 12.0. The minimum Gasteiger partial charge on any atom is -0.485 e. The quantitative estimate of drug-likeness (QED) is 0.259. The smallest absolute Gasteiger partial charge is 0.409 e. The molecule has 12 heteroatoms. The molecule has 0 radical (unpaired) electrons. The second-order valence-electron chi connectivity index (χ2n) is 11.9. The van der Waals surface area contributed by atoms with E-state index >= 15 is 0 Å². The van der Waals surface area contributed by atoms with Gasteiger partial charge in [-0.05, 0) is 29.6 Å². The van der Waals surface area contributed by atoms with Gasteiger partial charge >= 0.3 is 6.09 Å². The van der Waals surface area contributed by atoms with Gasteiger partial charge in [0.2, 0.25) is 5.95 Å². The second-order valence-corrected chi connectivity index (χ2v) is 18.5. The fourth-order valence-electron chi connectivity index (χ4n) is 4.45. The summed E-state index contributed by atoms with van der Waals surface area (Å²) in [7, 11) is 6.17. The van der Waals surface area contributed by atoms with Crippen LogP contribution in [0, 0.1) is 0 Å². The maximum atomic E-state index is 13.7. The number of thiophene rings is 1. The molecule has 1 aliphatic heterocycles. The fourth-order valence-corrected chi connectivity index (χ4v) is 5.95. The van der Waals surface area contributed by atoms with E-state index in [0.29, 0.717) is 55.7 Å². The van der Waals surface area contributed by atoms with Crippen molar-refractivity contribution in [2.24, 2.45) is 0 Å². The molecule has 1 unspecified atom stereocenters. The van der Waals surface area contributed by atoms with E-state index in [1.54, 1.807) is 34.4 Å². The lowest BCUT2D eigenvalue weighted by molar-refractivity contribution is 0.0989. The van der Waals surface area contributed by atoms with E-state index < -0.39 is 8.07 Å². The van der Waals surface area contributed by atoms with Gasteiger partial charge in [-0.3, -0.25) is 4.79 Å². The third-order valence-corrected chi connectivity index (χ3v) is 9.70. The van der Waals surface area contributed by atoms with Crippen molar-refractivity contribution < 1.29 is 19.1 Å². The van der Waals surface area contributed by atoms with Crippen molar-refractivity contribution in [2.75, 3.05) is 69.1 Å². The Morgan fingerprint density at radius 2 is 1.93 bits per heavy atom. The number of fused-ring (bicyclic) bond motifs is 1. The van der Waals surface area contributed by atoms with Gasteiger partial charge in [0.05, 0.1) is 6.61 Å². The number of ether oxygens (including phenoxy) is 2. The Kier molecular flexibility index (Phi) is 10.1. The van der Waals surface area contributed by atoms with Gasteiger partial charge in [-0.2, -0.15) is 4.98 Å². The number of benzene rings is 1. The second kappa shape index (κ2) is 13.6. The molecule has 2 amide bonds. The first-order valence-electron chi connectivity index (χ1n) is 14.2. The van der Waals surface area contributed by atoms with Gasteiger partial charge in [-0.15, -0.1) is 11.3 Å². The van der Waals surface area contributed by atoms with Crippen LogP contribution < -0.4 is 19.4 Å². The van der Waals surface area contributed by atoms with Crippen LogP contribution in [0.4, 0.5) is 22.2 Å². The number of rotatable bonds is 11. The van der Waals surface area contributed by atoms with E-state index in [4.69, 9.17) is 9.47 Å². The monoisotopic (exact) mass is 610 g/mol. The number of likely N-dealkylation sites (N-methyl/N-ethyl adjacent to an activating group) is 1. The number of aromatic nitrogens is 2. The molecule has 1 aliphatic rings. The van der Waals surface area contributed by atoms with Crippen molar-refractivity contribution in [3.63, 3.8) is 0 Å². The molecule has 3 aromatic rings. The third kappa shape index (κ3) is 8.00. The predicted octanol–water partition coefficient (Wildman–Crippen LogP) is 5.62. The number of amides is 2. The molecule has 4 rings (SSSR count). The van der Waals surface area contributed by atoms with Gasteiger partial charge < -0.3 is 29.1 Å². The molecular weight excluding hydrogens is 569 g/mol. The van der Waals surface area contributed by atoms with Crippen molar-refractivity contribution >= 4 is 48.9 Å². The predicted molar refractivity (Wildman–Crippen MR) is 172 cm³/mol. The van der Waals surface area contributed by atoms with E-state index in [9.17, 15) is 9.59 Å². The molecule has 10 nitrogen and oxygen atoms in total. The highest BCUT2D eigenvalue weighted by atomic mass is 32.1. The Morgan fingerprint density at radius 1 is 1.14 bits per heavy atom. The SMILES string of the molecule is CN(CCC(Oc1cccc(N2CCN(C)c3nc(N(C)C)ncc3C2=O)c1)c1cccs1)C(=O)OCC[Si](C)(C)C. The first-order valence-corrected chi connectivity index (χ1v) is 18.8. The van der Waals surface area contributed by atoms with Crippen LogP contribution in [0.25, 0.3) is 0 Å². The average Bonchev–Trinajstić information content (AvgIpc) is 3.45.